The molecule has 0 N–H and O–H groups in total. The molecule has 3 nitrogen and oxygen atoms in total. The van der Waals surface area contributed by atoms with Crippen molar-refractivity contribution in [2.24, 2.45) is 0 Å². The minimum atomic E-state index is -1.12. The van der Waals surface area contributed by atoms with Gasteiger partial charge in [0.2, 0.25) is 0 Å². The Morgan fingerprint density at radius 3 is 2.30 bits per heavy atom. The van der Waals surface area contributed by atoms with Crippen LogP contribution in [0.5, 0.6) is 11.5 Å². The Balaban J connectivity index is 2.44. The maximum atomic E-state index is 5.48. The van der Waals surface area contributed by atoms with Crippen molar-refractivity contribution in [3.05, 3.63) is 23.3 Å². The molecule has 0 fully saturated rings. The van der Waals surface area contributed by atoms with Gasteiger partial charge in [-0.05, 0) is 42.8 Å². The fourth-order valence-corrected chi connectivity index (χ4v) is 4.69. The number of fused-ring (bicyclic) bond motifs is 1. The minimum absolute atomic E-state index is 0.519. The van der Waals surface area contributed by atoms with Crippen LogP contribution < -0.4 is 9.47 Å². The number of nitrogens with zero attached hydrogens (tertiary/aromatic N) is 1. The molecular formula is C16H27NO2Si. The molecule has 1 aliphatic heterocycles. The fourth-order valence-electron chi connectivity index (χ4n) is 3.00. The third-order valence-corrected chi connectivity index (χ3v) is 5.69. The lowest BCUT2D eigenvalue weighted by Crippen LogP contribution is -2.37. The summed E-state index contributed by atoms with van der Waals surface area (Å²) in [5.74, 6) is 1.70. The minimum Gasteiger partial charge on any atom is -0.493 e. The lowest BCUT2D eigenvalue weighted by atomic mass is 9.93. The molecule has 1 aromatic carbocycles. The van der Waals surface area contributed by atoms with Crippen molar-refractivity contribution in [1.82, 2.24) is 4.90 Å². The Morgan fingerprint density at radius 2 is 1.75 bits per heavy atom. The lowest BCUT2D eigenvalue weighted by Gasteiger charge is -2.38. The predicted octanol–water partition coefficient (Wildman–Crippen LogP) is 3.57. The van der Waals surface area contributed by atoms with Crippen LogP contribution in [0.4, 0.5) is 0 Å². The molecule has 0 saturated heterocycles. The van der Waals surface area contributed by atoms with Crippen LogP contribution in [-0.2, 0) is 6.42 Å². The second-order valence-electron chi connectivity index (χ2n) is 6.92. The van der Waals surface area contributed by atoms with E-state index in [1.54, 1.807) is 14.2 Å². The van der Waals surface area contributed by atoms with E-state index in [0.29, 0.717) is 6.04 Å². The number of rotatable bonds is 4. The molecule has 0 bridgehead atoms. The van der Waals surface area contributed by atoms with E-state index in [-0.39, 0.29) is 0 Å². The first kappa shape index (κ1) is 15.4. The Labute approximate surface area is 123 Å². The van der Waals surface area contributed by atoms with Gasteiger partial charge >= 0.3 is 0 Å². The molecule has 0 radical (unpaired) electrons. The van der Waals surface area contributed by atoms with Crippen LogP contribution in [0, 0.1) is 0 Å². The molecule has 20 heavy (non-hydrogen) atoms. The van der Waals surface area contributed by atoms with Gasteiger partial charge in [-0.2, -0.15) is 0 Å². The van der Waals surface area contributed by atoms with E-state index in [2.05, 4.69) is 43.7 Å². The molecule has 0 amide bonds. The molecule has 1 aromatic rings. The van der Waals surface area contributed by atoms with Crippen molar-refractivity contribution >= 4 is 8.07 Å². The number of methoxy groups -OCH3 is 2. The van der Waals surface area contributed by atoms with Crippen molar-refractivity contribution < 1.29 is 9.47 Å². The predicted molar refractivity (Wildman–Crippen MR) is 86.8 cm³/mol. The summed E-state index contributed by atoms with van der Waals surface area (Å²) in [6.07, 6.45) is 1.09. The molecular weight excluding hydrogens is 266 g/mol. The largest absolute Gasteiger partial charge is 0.493 e. The zero-order valence-electron chi connectivity index (χ0n) is 13.6. The molecule has 1 atom stereocenters. The highest BCUT2D eigenvalue weighted by Crippen LogP contribution is 2.40. The van der Waals surface area contributed by atoms with E-state index in [9.17, 15) is 0 Å². The quantitative estimate of drug-likeness (QED) is 0.792. The van der Waals surface area contributed by atoms with Crippen molar-refractivity contribution in [3.63, 3.8) is 0 Å². The van der Waals surface area contributed by atoms with Gasteiger partial charge in [-0.3, -0.25) is 4.90 Å². The summed E-state index contributed by atoms with van der Waals surface area (Å²) in [5.41, 5.74) is 2.85. The summed E-state index contributed by atoms with van der Waals surface area (Å²) in [6, 6.07) is 6.16. The molecule has 1 aliphatic rings. The molecule has 0 aliphatic carbocycles. The van der Waals surface area contributed by atoms with Crippen molar-refractivity contribution in [2.45, 2.75) is 38.1 Å². The highest BCUT2D eigenvalue weighted by atomic mass is 28.3. The number of benzene rings is 1. The first-order valence-electron chi connectivity index (χ1n) is 7.31. The van der Waals surface area contributed by atoms with Gasteiger partial charge in [-0.15, -0.1) is 0 Å². The zero-order chi connectivity index (χ0) is 14.9. The highest BCUT2D eigenvalue weighted by molar-refractivity contribution is 6.76. The topological polar surface area (TPSA) is 21.7 Å². The second-order valence-corrected chi connectivity index (χ2v) is 12.4. The van der Waals surface area contributed by atoms with Crippen LogP contribution in [0.2, 0.25) is 25.7 Å². The lowest BCUT2D eigenvalue weighted by molar-refractivity contribution is 0.244. The van der Waals surface area contributed by atoms with Crippen LogP contribution in [0.1, 0.15) is 17.2 Å². The SMILES string of the molecule is COc1cc2c(cc1OC)C(C[Si](C)(C)C)N(C)CC2. The number of hydrogen-bond donors (Lipinski definition) is 0. The van der Waals surface area contributed by atoms with E-state index < -0.39 is 8.07 Å². The van der Waals surface area contributed by atoms with Crippen LogP contribution in [-0.4, -0.2) is 40.8 Å². The standard InChI is InChI=1S/C16H27NO2Si/c1-17-8-7-12-9-15(18-2)16(19-3)10-13(12)14(17)11-20(4,5)6/h9-10,14H,7-8,11H2,1-6H3. The fraction of sp³-hybridized carbons (Fsp3) is 0.625. The van der Waals surface area contributed by atoms with E-state index in [1.807, 2.05) is 0 Å². The van der Waals surface area contributed by atoms with Gasteiger partial charge in [0.25, 0.3) is 0 Å². The first-order valence-corrected chi connectivity index (χ1v) is 11.0. The molecule has 2 rings (SSSR count). The molecule has 1 unspecified atom stereocenters. The van der Waals surface area contributed by atoms with Gasteiger partial charge in [-0.1, -0.05) is 19.6 Å². The van der Waals surface area contributed by atoms with Crippen LogP contribution >= 0.6 is 0 Å². The molecule has 112 valence electrons. The van der Waals surface area contributed by atoms with Crippen molar-refractivity contribution in [3.8, 4) is 11.5 Å². The second kappa shape index (κ2) is 5.78. The molecule has 0 spiro atoms. The summed E-state index contributed by atoms with van der Waals surface area (Å²) in [5, 5.41) is 0. The van der Waals surface area contributed by atoms with Crippen molar-refractivity contribution in [2.75, 3.05) is 27.8 Å². The monoisotopic (exact) mass is 293 g/mol. The average molecular weight is 293 g/mol. The molecule has 4 heteroatoms. The van der Waals surface area contributed by atoms with Gasteiger partial charge < -0.3 is 9.47 Å². The Kier molecular flexibility index (Phi) is 4.45. The summed E-state index contributed by atoms with van der Waals surface area (Å²) in [4.78, 5) is 2.49. The van der Waals surface area contributed by atoms with E-state index in [4.69, 9.17) is 9.47 Å². The number of ether oxygens (including phenoxy) is 2. The maximum absolute atomic E-state index is 5.48. The normalized spacial score (nSPS) is 19.6. The molecule has 0 aromatic heterocycles. The average Bonchev–Trinajstić information content (AvgIpc) is 2.39. The molecule has 1 heterocycles. The smallest absolute Gasteiger partial charge is 0.161 e. The van der Waals surface area contributed by atoms with Gasteiger partial charge in [0.05, 0.1) is 14.2 Å². The van der Waals surface area contributed by atoms with Gasteiger partial charge in [0.1, 0.15) is 0 Å². The Hall–Kier alpha value is -1.00. The summed E-state index contributed by atoms with van der Waals surface area (Å²) in [7, 11) is 4.54. The number of likely N-dealkylation sites (N-methyl/N-ethyl adjacent to an activating group) is 1. The van der Waals surface area contributed by atoms with Gasteiger partial charge in [-0.25, -0.2) is 0 Å². The highest BCUT2D eigenvalue weighted by Gasteiger charge is 2.30. The zero-order valence-corrected chi connectivity index (χ0v) is 14.6. The third-order valence-electron chi connectivity index (χ3n) is 4.08. The first-order chi connectivity index (χ1) is 9.35. The Bertz CT molecular complexity index is 482. The summed E-state index contributed by atoms with van der Waals surface area (Å²) < 4.78 is 10.9. The number of hydrogen-bond acceptors (Lipinski definition) is 3. The van der Waals surface area contributed by atoms with Crippen LogP contribution in [0.3, 0.4) is 0 Å². The Morgan fingerprint density at radius 1 is 1.15 bits per heavy atom. The van der Waals surface area contributed by atoms with Gasteiger partial charge in [0, 0.05) is 20.7 Å². The van der Waals surface area contributed by atoms with Crippen LogP contribution in [0.25, 0.3) is 0 Å². The summed E-state index contributed by atoms with van der Waals surface area (Å²) in [6.45, 7) is 8.44. The van der Waals surface area contributed by atoms with E-state index in [0.717, 1.165) is 24.5 Å². The maximum Gasteiger partial charge on any atom is 0.161 e. The van der Waals surface area contributed by atoms with Crippen LogP contribution in [0.15, 0.2) is 12.1 Å². The van der Waals surface area contributed by atoms with Crippen molar-refractivity contribution in [1.29, 1.82) is 0 Å². The van der Waals surface area contributed by atoms with E-state index in [1.165, 1.54) is 17.2 Å². The molecule has 0 saturated carbocycles. The van der Waals surface area contributed by atoms with E-state index >= 15 is 0 Å². The third kappa shape index (κ3) is 3.18. The van der Waals surface area contributed by atoms with Gasteiger partial charge in [0.15, 0.2) is 11.5 Å². The summed E-state index contributed by atoms with van der Waals surface area (Å²) >= 11 is 0.